The average Bonchev–Trinajstić information content (AvgIpc) is 3.33. The zero-order chi connectivity index (χ0) is 48.6. The first-order valence-corrected chi connectivity index (χ1v) is 27.1. The number of unbranched alkanes of at least 4 members (excludes halogenated alkanes) is 21. The molecule has 0 radical (unpaired) electrons. The van der Waals surface area contributed by atoms with Crippen LogP contribution in [0.5, 0.6) is 0 Å². The number of ether oxygens (including phenoxy) is 3. The molecule has 0 aliphatic heterocycles. The van der Waals surface area contributed by atoms with Crippen LogP contribution in [0.25, 0.3) is 0 Å². The Hall–Kier alpha value is -4.19. The largest absolute Gasteiger partial charge is 0.462 e. The monoisotopic (exact) mass is 927 g/mol. The normalized spacial score (nSPS) is 13.1. The number of esters is 3. The van der Waals surface area contributed by atoms with Gasteiger partial charge in [-0.3, -0.25) is 14.4 Å². The highest BCUT2D eigenvalue weighted by atomic mass is 16.6. The Morgan fingerprint density at radius 2 is 0.672 bits per heavy atom. The Morgan fingerprint density at radius 3 is 1.12 bits per heavy atom. The third kappa shape index (κ3) is 52.6. The van der Waals surface area contributed by atoms with E-state index in [0.29, 0.717) is 19.3 Å². The first kappa shape index (κ1) is 62.8. The molecule has 0 aliphatic carbocycles. The third-order valence-electron chi connectivity index (χ3n) is 11.1. The van der Waals surface area contributed by atoms with Gasteiger partial charge in [-0.25, -0.2) is 0 Å². The van der Waals surface area contributed by atoms with Crippen molar-refractivity contribution in [1.82, 2.24) is 0 Å². The van der Waals surface area contributed by atoms with E-state index in [1.165, 1.54) is 57.8 Å². The maximum atomic E-state index is 12.8. The molecule has 0 aromatic carbocycles. The van der Waals surface area contributed by atoms with E-state index in [1.54, 1.807) is 0 Å². The van der Waals surface area contributed by atoms with Crippen molar-refractivity contribution in [3.05, 3.63) is 122 Å². The van der Waals surface area contributed by atoms with Gasteiger partial charge in [0.05, 0.1) is 0 Å². The zero-order valence-electron chi connectivity index (χ0n) is 43.1. The predicted octanol–water partition coefficient (Wildman–Crippen LogP) is 18.1. The molecule has 0 heterocycles. The second-order valence-corrected chi connectivity index (χ2v) is 17.5. The lowest BCUT2D eigenvalue weighted by atomic mass is 10.1. The number of rotatable bonds is 47. The Morgan fingerprint density at radius 1 is 0.328 bits per heavy atom. The minimum atomic E-state index is -0.805. The van der Waals surface area contributed by atoms with Crippen molar-refractivity contribution < 1.29 is 28.6 Å². The van der Waals surface area contributed by atoms with Gasteiger partial charge in [-0.1, -0.05) is 232 Å². The topological polar surface area (TPSA) is 78.9 Å². The maximum Gasteiger partial charge on any atom is 0.306 e. The lowest BCUT2D eigenvalue weighted by Crippen LogP contribution is -2.30. The van der Waals surface area contributed by atoms with Crippen molar-refractivity contribution in [2.75, 3.05) is 13.2 Å². The summed E-state index contributed by atoms with van der Waals surface area (Å²) in [4.78, 5) is 38.1. The quantitative estimate of drug-likeness (QED) is 0.0199. The van der Waals surface area contributed by atoms with E-state index in [0.717, 1.165) is 128 Å². The molecule has 0 aromatic rings. The number of carbonyl (C=O) groups is 3. The van der Waals surface area contributed by atoms with Crippen LogP contribution in [0.15, 0.2) is 122 Å². The minimum Gasteiger partial charge on any atom is -0.462 e. The van der Waals surface area contributed by atoms with Gasteiger partial charge in [0.15, 0.2) is 6.10 Å². The van der Waals surface area contributed by atoms with Gasteiger partial charge in [0.1, 0.15) is 13.2 Å². The zero-order valence-corrected chi connectivity index (χ0v) is 43.1. The summed E-state index contributed by atoms with van der Waals surface area (Å²) >= 11 is 0. The number of carbonyl (C=O) groups excluding carboxylic acids is 3. The molecule has 0 saturated heterocycles. The first-order chi connectivity index (χ1) is 33.0. The lowest BCUT2D eigenvalue weighted by molar-refractivity contribution is -0.167. The van der Waals surface area contributed by atoms with Gasteiger partial charge in [-0.15, -0.1) is 0 Å². The fraction of sp³-hybridized carbons (Fsp3) is 0.623. The molecule has 1 atom stereocenters. The van der Waals surface area contributed by atoms with Gasteiger partial charge in [0, 0.05) is 19.3 Å². The van der Waals surface area contributed by atoms with Crippen LogP contribution in [-0.4, -0.2) is 37.2 Å². The van der Waals surface area contributed by atoms with Gasteiger partial charge in [0.2, 0.25) is 0 Å². The van der Waals surface area contributed by atoms with Gasteiger partial charge in [-0.2, -0.15) is 0 Å². The molecule has 67 heavy (non-hydrogen) atoms. The fourth-order valence-corrected chi connectivity index (χ4v) is 7.01. The van der Waals surface area contributed by atoms with Crippen LogP contribution in [0, 0.1) is 0 Å². The molecule has 6 heteroatoms. The van der Waals surface area contributed by atoms with E-state index in [-0.39, 0.29) is 31.1 Å². The summed E-state index contributed by atoms with van der Waals surface area (Å²) < 4.78 is 16.8. The van der Waals surface area contributed by atoms with Gasteiger partial charge < -0.3 is 14.2 Å². The van der Waals surface area contributed by atoms with E-state index in [4.69, 9.17) is 14.2 Å². The Balaban J connectivity index is 4.51. The van der Waals surface area contributed by atoms with Crippen molar-refractivity contribution in [3.8, 4) is 0 Å². The summed E-state index contributed by atoms with van der Waals surface area (Å²) in [6, 6.07) is 0. The first-order valence-electron chi connectivity index (χ1n) is 27.1. The van der Waals surface area contributed by atoms with E-state index >= 15 is 0 Å². The molecule has 0 bridgehead atoms. The molecule has 0 saturated carbocycles. The van der Waals surface area contributed by atoms with Crippen molar-refractivity contribution in [1.29, 1.82) is 0 Å². The highest BCUT2D eigenvalue weighted by molar-refractivity contribution is 5.71. The van der Waals surface area contributed by atoms with Crippen LogP contribution in [-0.2, 0) is 28.6 Å². The predicted molar refractivity (Wildman–Crippen MR) is 288 cm³/mol. The molecule has 0 rings (SSSR count). The van der Waals surface area contributed by atoms with Crippen molar-refractivity contribution in [3.63, 3.8) is 0 Å². The summed E-state index contributed by atoms with van der Waals surface area (Å²) in [7, 11) is 0. The van der Waals surface area contributed by atoms with Crippen molar-refractivity contribution in [2.45, 2.75) is 232 Å². The second kappa shape index (κ2) is 54.4. The summed E-state index contributed by atoms with van der Waals surface area (Å²) in [5.74, 6) is -0.955. The van der Waals surface area contributed by atoms with Gasteiger partial charge >= 0.3 is 17.9 Å². The molecule has 6 nitrogen and oxygen atoms in total. The standard InChI is InChI=1S/C61H98O6/c1-4-7-10-13-16-19-22-25-28-30-31-34-36-39-42-45-48-51-54-60(63)66-57-58(56-65-59(62)53-50-47-44-41-38-35-32-27-24-21-18-15-12-9-6-3)67-61(64)55-52-49-46-43-40-37-33-29-26-23-20-17-14-11-8-5-2/h8,10-11,13,16-22,24-31,34,58H,4-7,9,12,14-15,23,32-33,35-57H2,1-3H3/b11-8-,13-10-,19-16-,20-17-,21-18-,25-22-,27-24-,29-26-,30-28-,34-31-. The van der Waals surface area contributed by atoms with Crippen LogP contribution < -0.4 is 0 Å². The van der Waals surface area contributed by atoms with Crippen LogP contribution in [0.1, 0.15) is 226 Å². The van der Waals surface area contributed by atoms with Crippen LogP contribution in [0.4, 0.5) is 0 Å². The van der Waals surface area contributed by atoms with E-state index in [9.17, 15) is 14.4 Å². The van der Waals surface area contributed by atoms with Crippen molar-refractivity contribution >= 4 is 17.9 Å². The molecule has 0 aliphatic rings. The lowest BCUT2D eigenvalue weighted by Gasteiger charge is -2.18. The van der Waals surface area contributed by atoms with Crippen LogP contribution >= 0.6 is 0 Å². The smallest absolute Gasteiger partial charge is 0.306 e. The number of hydrogen-bond donors (Lipinski definition) is 0. The molecule has 0 spiro atoms. The van der Waals surface area contributed by atoms with E-state index in [2.05, 4.69) is 118 Å². The number of allylic oxidation sites excluding steroid dienone is 20. The molecule has 0 aromatic heterocycles. The summed E-state index contributed by atoms with van der Waals surface area (Å²) in [5.41, 5.74) is 0. The molecule has 378 valence electrons. The number of hydrogen-bond acceptors (Lipinski definition) is 6. The minimum absolute atomic E-state index is 0.102. The highest BCUT2D eigenvalue weighted by Gasteiger charge is 2.19. The van der Waals surface area contributed by atoms with Gasteiger partial charge in [0.25, 0.3) is 0 Å². The highest BCUT2D eigenvalue weighted by Crippen LogP contribution is 2.14. The molecule has 1 unspecified atom stereocenters. The molecule has 0 amide bonds. The third-order valence-corrected chi connectivity index (χ3v) is 11.1. The second-order valence-electron chi connectivity index (χ2n) is 17.5. The summed E-state index contributed by atoms with van der Waals surface area (Å²) in [6.07, 6.45) is 74.5. The molecular weight excluding hydrogens is 829 g/mol. The van der Waals surface area contributed by atoms with Gasteiger partial charge in [-0.05, 0) is 96.3 Å². The Kier molecular flexibility index (Phi) is 51.0. The van der Waals surface area contributed by atoms with Crippen molar-refractivity contribution in [2.24, 2.45) is 0 Å². The van der Waals surface area contributed by atoms with E-state index < -0.39 is 6.10 Å². The summed E-state index contributed by atoms with van der Waals surface area (Å²) in [6.45, 7) is 6.36. The maximum absolute atomic E-state index is 12.8. The average molecular weight is 927 g/mol. The molecule has 0 N–H and O–H groups in total. The summed E-state index contributed by atoms with van der Waals surface area (Å²) in [5, 5.41) is 0. The molecule has 0 fully saturated rings. The van der Waals surface area contributed by atoms with Crippen LogP contribution in [0.3, 0.4) is 0 Å². The SMILES string of the molecule is CC/C=C\C/C=C\C/C=C\CCCCCCCCC(=O)OC(COC(=O)CCCCCCC\C=C/C=C\C=C/C=C\C=C/CCC)COC(=O)CCCCCCCC/C=C\C=C/CCCCC. The van der Waals surface area contributed by atoms with E-state index in [1.807, 2.05) is 24.3 Å². The Labute approximate surface area is 412 Å². The Bertz CT molecular complexity index is 1440. The molecular formula is C61H98O6. The fourth-order valence-electron chi connectivity index (χ4n) is 7.01. The van der Waals surface area contributed by atoms with Crippen LogP contribution in [0.2, 0.25) is 0 Å².